The lowest BCUT2D eigenvalue weighted by Crippen LogP contribution is -2.69. The molecule has 3 fully saturated rings. The van der Waals surface area contributed by atoms with Crippen LogP contribution in [-0.2, 0) is 14.3 Å². The average Bonchev–Trinajstić information content (AvgIpc) is 2.89. The highest BCUT2D eigenvalue weighted by Crippen LogP contribution is 2.69. The molecule has 4 aliphatic rings. The van der Waals surface area contributed by atoms with E-state index >= 15 is 4.39 Å². The van der Waals surface area contributed by atoms with Crippen molar-refractivity contribution in [3.63, 3.8) is 0 Å². The van der Waals surface area contributed by atoms with Gasteiger partial charge < -0.3 is 20.1 Å². The molecule has 0 aromatic heterocycles. The average molecular weight is 437 g/mol. The second-order valence-electron chi connectivity index (χ2n) is 10.6. The Kier molecular flexibility index (Phi) is 5.17. The number of ether oxygens (including phenoxy) is 1. The van der Waals surface area contributed by atoms with E-state index in [2.05, 4.69) is 0 Å². The molecule has 0 unspecified atom stereocenters. The van der Waals surface area contributed by atoms with Gasteiger partial charge in [0.15, 0.2) is 22.8 Å². The zero-order valence-corrected chi connectivity index (χ0v) is 18.6. The van der Waals surface area contributed by atoms with E-state index < -0.39 is 51.9 Å². The largest absolute Gasteiger partial charge is 0.390 e. The van der Waals surface area contributed by atoms with Crippen molar-refractivity contribution in [2.75, 3.05) is 6.61 Å². The molecule has 31 heavy (non-hydrogen) atoms. The second-order valence-corrected chi connectivity index (χ2v) is 10.6. The van der Waals surface area contributed by atoms with Crippen LogP contribution >= 0.6 is 0 Å². The smallest absolute Gasteiger partial charge is 0.193 e. The monoisotopic (exact) mass is 436 g/mol. The maximum atomic E-state index is 17.0. The van der Waals surface area contributed by atoms with Crippen LogP contribution in [0.2, 0.25) is 0 Å². The van der Waals surface area contributed by atoms with E-state index in [9.17, 15) is 24.9 Å². The molecule has 0 aromatic rings. The number of carbonyl (C=O) groups excluding carboxylic acids is 2. The van der Waals surface area contributed by atoms with Gasteiger partial charge in [0.05, 0.1) is 18.3 Å². The first-order chi connectivity index (χ1) is 14.3. The highest BCUT2D eigenvalue weighted by atomic mass is 19.1. The van der Waals surface area contributed by atoms with Crippen LogP contribution in [0.1, 0.15) is 53.4 Å². The molecule has 4 rings (SSSR count). The van der Waals surface area contributed by atoms with Gasteiger partial charge in [0.25, 0.3) is 0 Å². The molecule has 0 aromatic carbocycles. The fourth-order valence-electron chi connectivity index (χ4n) is 7.08. The van der Waals surface area contributed by atoms with Crippen molar-refractivity contribution in [3.8, 4) is 0 Å². The number of hydrogen-bond donors (Lipinski definition) is 3. The topological polar surface area (TPSA) is 104 Å². The predicted octanol–water partition coefficient (Wildman–Crippen LogP) is 2.05. The summed E-state index contributed by atoms with van der Waals surface area (Å²) in [7, 11) is 0. The molecule has 6 nitrogen and oxygen atoms in total. The van der Waals surface area contributed by atoms with Crippen molar-refractivity contribution in [2.24, 2.45) is 22.7 Å². The lowest BCUT2D eigenvalue weighted by molar-refractivity contribution is -0.222. The van der Waals surface area contributed by atoms with Crippen LogP contribution in [0.25, 0.3) is 0 Å². The fourth-order valence-corrected chi connectivity index (χ4v) is 7.08. The Hall–Kier alpha value is -1.41. The molecular weight excluding hydrogens is 403 g/mol. The van der Waals surface area contributed by atoms with Gasteiger partial charge in [0.2, 0.25) is 0 Å². The summed E-state index contributed by atoms with van der Waals surface area (Å²) in [4.78, 5) is 24.9. The molecule has 0 spiro atoms. The lowest BCUT2D eigenvalue weighted by atomic mass is 9.44. The van der Waals surface area contributed by atoms with Crippen LogP contribution in [-0.4, -0.2) is 63.1 Å². The Morgan fingerprint density at radius 1 is 1.26 bits per heavy atom. The number of ketones is 2. The van der Waals surface area contributed by atoms with E-state index in [4.69, 9.17) is 4.74 Å². The zero-order valence-electron chi connectivity index (χ0n) is 18.6. The molecule has 0 bridgehead atoms. The van der Waals surface area contributed by atoms with Gasteiger partial charge in [-0.3, -0.25) is 9.59 Å². The van der Waals surface area contributed by atoms with Crippen LogP contribution in [0.4, 0.5) is 4.39 Å². The predicted molar refractivity (Wildman–Crippen MR) is 111 cm³/mol. The first kappa shape index (κ1) is 22.8. The van der Waals surface area contributed by atoms with Gasteiger partial charge in [-0.15, -0.1) is 0 Å². The maximum absolute atomic E-state index is 17.0. The first-order valence-corrected chi connectivity index (χ1v) is 11.2. The van der Waals surface area contributed by atoms with Crippen LogP contribution in [0.3, 0.4) is 0 Å². The number of alkyl halides is 1. The molecule has 8 atom stereocenters. The Morgan fingerprint density at radius 2 is 1.94 bits per heavy atom. The van der Waals surface area contributed by atoms with E-state index in [-0.39, 0.29) is 31.3 Å². The Bertz CT molecular complexity index is 866. The Labute approximate surface area is 182 Å². The van der Waals surface area contributed by atoms with Crippen LogP contribution in [0.5, 0.6) is 0 Å². The third kappa shape index (κ3) is 2.76. The SMILES string of the molecule is CC(C)OCC(=O)[C@@]1(O)[C@H](O)C[C@H]2[C@@H]3CCC4=CC(=O)C=C[C@]4(C)[C@@]3(F)[C@@H](O)C[C@@]21C. The highest BCUT2D eigenvalue weighted by Gasteiger charge is 2.76. The third-order valence-corrected chi connectivity index (χ3v) is 8.83. The van der Waals surface area contributed by atoms with Crippen molar-refractivity contribution in [2.45, 2.75) is 83.0 Å². The van der Waals surface area contributed by atoms with Crippen molar-refractivity contribution < 1.29 is 34.0 Å². The molecule has 0 saturated heterocycles. The number of carbonyl (C=O) groups is 2. The maximum Gasteiger partial charge on any atom is 0.193 e. The first-order valence-electron chi connectivity index (χ1n) is 11.2. The van der Waals surface area contributed by atoms with Crippen molar-refractivity contribution in [1.29, 1.82) is 0 Å². The van der Waals surface area contributed by atoms with Gasteiger partial charge in [0, 0.05) is 16.7 Å². The number of halogens is 1. The summed E-state index contributed by atoms with van der Waals surface area (Å²) >= 11 is 0. The summed E-state index contributed by atoms with van der Waals surface area (Å²) in [6, 6.07) is 0. The standard InChI is InChI=1S/C24H33FO6/c1-13(2)31-12-20(29)24(30)18(27)10-17-16-6-5-14-9-15(26)7-8-21(14,3)23(16,25)19(28)11-22(17,24)4/h7-9,13,16-19,27-28,30H,5-6,10-12H2,1-4H3/t16-,17-,18+,19-,21-,22-,23-,24-/m0/s1. The van der Waals surface area contributed by atoms with E-state index in [1.807, 2.05) is 0 Å². The second kappa shape index (κ2) is 7.04. The summed E-state index contributed by atoms with van der Waals surface area (Å²) in [5, 5.41) is 33.6. The van der Waals surface area contributed by atoms with Gasteiger partial charge in [-0.1, -0.05) is 18.6 Å². The van der Waals surface area contributed by atoms with Crippen molar-refractivity contribution >= 4 is 11.6 Å². The van der Waals surface area contributed by atoms with E-state index in [1.165, 1.54) is 12.2 Å². The fraction of sp³-hybridized carbons (Fsp3) is 0.750. The number of allylic oxidation sites excluding steroid dienone is 4. The van der Waals surface area contributed by atoms with Gasteiger partial charge in [-0.25, -0.2) is 4.39 Å². The summed E-state index contributed by atoms with van der Waals surface area (Å²) in [6.07, 6.45) is 2.06. The molecule has 0 amide bonds. The van der Waals surface area contributed by atoms with E-state index in [1.54, 1.807) is 33.8 Å². The van der Waals surface area contributed by atoms with Gasteiger partial charge in [-0.05, 0) is 64.5 Å². The minimum Gasteiger partial charge on any atom is -0.390 e. The molecule has 0 aliphatic heterocycles. The lowest BCUT2D eigenvalue weighted by Gasteiger charge is -2.62. The molecule has 7 heteroatoms. The number of hydrogen-bond acceptors (Lipinski definition) is 6. The van der Waals surface area contributed by atoms with Crippen LogP contribution in [0, 0.1) is 22.7 Å². The highest BCUT2D eigenvalue weighted by molar-refractivity contribution is 6.01. The Morgan fingerprint density at radius 3 is 2.58 bits per heavy atom. The number of aliphatic hydroxyl groups is 3. The number of rotatable bonds is 4. The molecule has 0 heterocycles. The van der Waals surface area contributed by atoms with Crippen LogP contribution in [0.15, 0.2) is 23.8 Å². The molecule has 3 saturated carbocycles. The zero-order chi connectivity index (χ0) is 23.0. The normalized spacial score (nSPS) is 48.8. The molecule has 4 aliphatic carbocycles. The molecule has 3 N–H and O–H groups in total. The van der Waals surface area contributed by atoms with Gasteiger partial charge >= 0.3 is 0 Å². The summed E-state index contributed by atoms with van der Waals surface area (Å²) in [6.45, 7) is 6.57. The molecular formula is C24H33FO6. The van der Waals surface area contributed by atoms with Crippen molar-refractivity contribution in [1.82, 2.24) is 0 Å². The minimum atomic E-state index is -2.12. The van der Waals surface area contributed by atoms with E-state index in [0.717, 1.165) is 0 Å². The minimum absolute atomic E-state index is 0.0707. The van der Waals surface area contributed by atoms with Gasteiger partial charge in [0.1, 0.15) is 6.61 Å². The molecule has 0 radical (unpaired) electrons. The summed E-state index contributed by atoms with van der Waals surface area (Å²) < 4.78 is 22.4. The van der Waals surface area contributed by atoms with Crippen LogP contribution < -0.4 is 0 Å². The summed E-state index contributed by atoms with van der Waals surface area (Å²) in [5.41, 5.74) is -5.88. The third-order valence-electron chi connectivity index (χ3n) is 8.83. The van der Waals surface area contributed by atoms with Crippen molar-refractivity contribution in [3.05, 3.63) is 23.8 Å². The number of Topliss-reactive ketones (excluding diaryl/α,β-unsaturated/α-hetero) is 1. The number of aliphatic hydroxyl groups excluding tert-OH is 2. The summed E-state index contributed by atoms with van der Waals surface area (Å²) in [5.74, 6) is -2.01. The number of fused-ring (bicyclic) bond motifs is 5. The Balaban J connectivity index is 1.75. The van der Waals surface area contributed by atoms with E-state index in [0.29, 0.717) is 18.4 Å². The quantitative estimate of drug-likeness (QED) is 0.623. The van der Waals surface area contributed by atoms with Gasteiger partial charge in [-0.2, -0.15) is 0 Å². The molecule has 172 valence electrons.